The maximum absolute atomic E-state index is 11.9. The molecular weight excluding hydrogens is 292 g/mol. The molecule has 5 nitrogen and oxygen atoms in total. The van der Waals surface area contributed by atoms with Gasteiger partial charge in [0.15, 0.2) is 0 Å². The third kappa shape index (κ3) is 5.07. The molecule has 1 amide bonds. The van der Waals surface area contributed by atoms with Crippen LogP contribution in [0.15, 0.2) is 47.3 Å². The monoisotopic (exact) mass is 314 g/mol. The normalized spacial score (nSPS) is 11.9. The highest BCUT2D eigenvalue weighted by molar-refractivity contribution is 5.93. The highest BCUT2D eigenvalue weighted by Crippen LogP contribution is 2.15. The third-order valence-corrected chi connectivity index (χ3v) is 3.54. The van der Waals surface area contributed by atoms with Gasteiger partial charge in [-0.1, -0.05) is 30.3 Å². The van der Waals surface area contributed by atoms with Crippen molar-refractivity contribution >= 4 is 5.91 Å². The summed E-state index contributed by atoms with van der Waals surface area (Å²) in [7, 11) is 0. The molecular formula is C18H22N2O3. The molecule has 1 heterocycles. The molecule has 0 radical (unpaired) electrons. The molecule has 5 heteroatoms. The molecule has 0 spiro atoms. The Morgan fingerprint density at radius 3 is 2.65 bits per heavy atom. The van der Waals surface area contributed by atoms with Crippen molar-refractivity contribution in [1.82, 2.24) is 10.3 Å². The molecule has 2 aromatic rings. The number of aromatic nitrogens is 1. The fourth-order valence-electron chi connectivity index (χ4n) is 2.20. The van der Waals surface area contributed by atoms with E-state index in [-0.39, 0.29) is 23.1 Å². The maximum atomic E-state index is 11.9. The van der Waals surface area contributed by atoms with Gasteiger partial charge >= 0.3 is 0 Å². The van der Waals surface area contributed by atoms with E-state index in [9.17, 15) is 9.59 Å². The predicted molar refractivity (Wildman–Crippen MR) is 89.6 cm³/mol. The highest BCUT2D eigenvalue weighted by Gasteiger charge is 2.09. The van der Waals surface area contributed by atoms with E-state index < -0.39 is 0 Å². The van der Waals surface area contributed by atoms with E-state index >= 15 is 0 Å². The van der Waals surface area contributed by atoms with Crippen molar-refractivity contribution in [3.63, 3.8) is 0 Å². The van der Waals surface area contributed by atoms with E-state index in [0.29, 0.717) is 19.6 Å². The highest BCUT2D eigenvalue weighted by atomic mass is 16.5. The number of hydrogen-bond acceptors (Lipinski definition) is 3. The Labute approximate surface area is 135 Å². The maximum Gasteiger partial charge on any atom is 0.260 e. The average molecular weight is 314 g/mol. The first-order chi connectivity index (χ1) is 11.1. The van der Waals surface area contributed by atoms with Crippen LogP contribution in [0.5, 0.6) is 0 Å². The fourth-order valence-corrected chi connectivity index (χ4v) is 2.20. The Morgan fingerprint density at radius 1 is 1.22 bits per heavy atom. The van der Waals surface area contributed by atoms with Crippen molar-refractivity contribution in [2.24, 2.45) is 0 Å². The molecule has 0 bridgehead atoms. The van der Waals surface area contributed by atoms with Gasteiger partial charge in [-0.2, -0.15) is 0 Å². The molecule has 0 aliphatic rings. The molecule has 1 unspecified atom stereocenters. The number of rotatable bonds is 7. The van der Waals surface area contributed by atoms with Crippen LogP contribution in [0.2, 0.25) is 0 Å². The van der Waals surface area contributed by atoms with Crippen LogP contribution in [0.3, 0.4) is 0 Å². The minimum absolute atomic E-state index is 0.0202. The molecule has 0 aliphatic heterocycles. The first kappa shape index (κ1) is 17.0. The Morgan fingerprint density at radius 2 is 1.96 bits per heavy atom. The third-order valence-electron chi connectivity index (χ3n) is 3.54. The molecule has 1 aromatic carbocycles. The number of aryl methyl sites for hydroxylation is 1. The van der Waals surface area contributed by atoms with Gasteiger partial charge in [0.25, 0.3) is 11.5 Å². The number of pyridine rings is 1. The summed E-state index contributed by atoms with van der Waals surface area (Å²) in [6, 6.07) is 13.2. The number of benzene rings is 1. The number of ether oxygens (including phenoxy) is 1. The van der Waals surface area contributed by atoms with Crippen LogP contribution in [-0.2, 0) is 4.74 Å². The lowest BCUT2D eigenvalue weighted by atomic mass is 10.1. The van der Waals surface area contributed by atoms with Gasteiger partial charge in [-0.3, -0.25) is 9.59 Å². The summed E-state index contributed by atoms with van der Waals surface area (Å²) in [4.78, 5) is 26.2. The van der Waals surface area contributed by atoms with E-state index in [0.717, 1.165) is 11.3 Å². The SMILES string of the molecule is Cc1ccc(C(=O)NCCCOC(C)c2ccccc2)c(=O)[nH]1. The molecule has 0 fully saturated rings. The second-order valence-corrected chi connectivity index (χ2v) is 5.42. The second-order valence-electron chi connectivity index (χ2n) is 5.42. The number of nitrogens with one attached hydrogen (secondary N) is 2. The van der Waals surface area contributed by atoms with Crippen molar-refractivity contribution in [3.8, 4) is 0 Å². The second kappa shape index (κ2) is 8.29. The van der Waals surface area contributed by atoms with Crippen LogP contribution in [-0.4, -0.2) is 24.0 Å². The van der Waals surface area contributed by atoms with Gasteiger partial charge in [0.2, 0.25) is 0 Å². The minimum atomic E-state index is -0.364. The number of carbonyl (C=O) groups is 1. The fraction of sp³-hybridized carbons (Fsp3) is 0.333. The molecule has 2 rings (SSSR count). The van der Waals surface area contributed by atoms with Gasteiger partial charge in [-0.25, -0.2) is 0 Å². The Kier molecular flexibility index (Phi) is 6.11. The summed E-state index contributed by atoms with van der Waals surface area (Å²) in [5, 5.41) is 2.73. The number of amides is 1. The molecule has 122 valence electrons. The number of H-pyrrole nitrogens is 1. The molecule has 23 heavy (non-hydrogen) atoms. The topological polar surface area (TPSA) is 71.2 Å². The van der Waals surface area contributed by atoms with Crippen molar-refractivity contribution in [2.45, 2.75) is 26.4 Å². The standard InChI is InChI=1S/C18H22N2O3/c1-13-9-10-16(18(22)20-13)17(21)19-11-6-12-23-14(2)15-7-4-3-5-8-15/h3-5,7-10,14H,6,11-12H2,1-2H3,(H,19,21)(H,20,22). The lowest BCUT2D eigenvalue weighted by Gasteiger charge is -2.13. The lowest BCUT2D eigenvalue weighted by Crippen LogP contribution is -2.30. The lowest BCUT2D eigenvalue weighted by molar-refractivity contribution is 0.0635. The van der Waals surface area contributed by atoms with Gasteiger partial charge in [-0.15, -0.1) is 0 Å². The van der Waals surface area contributed by atoms with E-state index in [1.54, 1.807) is 13.0 Å². The van der Waals surface area contributed by atoms with Crippen molar-refractivity contribution in [1.29, 1.82) is 0 Å². The molecule has 0 saturated carbocycles. The van der Waals surface area contributed by atoms with Crippen molar-refractivity contribution < 1.29 is 9.53 Å². The van der Waals surface area contributed by atoms with Crippen LogP contribution in [0.1, 0.15) is 41.1 Å². The number of hydrogen-bond donors (Lipinski definition) is 2. The molecule has 1 aromatic heterocycles. The number of aromatic amines is 1. The summed E-state index contributed by atoms with van der Waals surface area (Å²) in [5.74, 6) is -0.359. The summed E-state index contributed by atoms with van der Waals surface area (Å²) < 4.78 is 5.74. The van der Waals surface area contributed by atoms with Gasteiger partial charge in [-0.05, 0) is 38.0 Å². The average Bonchev–Trinajstić information content (AvgIpc) is 2.55. The van der Waals surface area contributed by atoms with Crippen LogP contribution in [0, 0.1) is 6.92 Å². The van der Waals surface area contributed by atoms with E-state index in [4.69, 9.17) is 4.74 Å². The van der Waals surface area contributed by atoms with E-state index in [2.05, 4.69) is 10.3 Å². The molecule has 2 N–H and O–H groups in total. The zero-order chi connectivity index (χ0) is 16.7. The number of carbonyl (C=O) groups excluding carboxylic acids is 1. The Hall–Kier alpha value is -2.40. The molecule has 1 atom stereocenters. The summed E-state index contributed by atoms with van der Waals surface area (Å²) in [6.45, 7) is 4.78. The smallest absolute Gasteiger partial charge is 0.260 e. The van der Waals surface area contributed by atoms with E-state index in [1.807, 2.05) is 37.3 Å². The van der Waals surface area contributed by atoms with Crippen LogP contribution < -0.4 is 10.9 Å². The van der Waals surface area contributed by atoms with Gasteiger partial charge in [0.05, 0.1) is 6.10 Å². The first-order valence-electron chi connectivity index (χ1n) is 7.72. The first-order valence-corrected chi connectivity index (χ1v) is 7.72. The van der Waals surface area contributed by atoms with Crippen LogP contribution >= 0.6 is 0 Å². The Balaban J connectivity index is 1.71. The van der Waals surface area contributed by atoms with Gasteiger partial charge in [0.1, 0.15) is 5.56 Å². The van der Waals surface area contributed by atoms with Gasteiger partial charge < -0.3 is 15.0 Å². The Bertz CT molecular complexity index is 695. The summed E-state index contributed by atoms with van der Waals surface area (Å²) in [5.41, 5.74) is 1.63. The zero-order valence-electron chi connectivity index (χ0n) is 13.5. The predicted octanol–water partition coefficient (Wildman–Crippen LogP) is 2.58. The van der Waals surface area contributed by atoms with E-state index in [1.165, 1.54) is 6.07 Å². The summed E-state index contributed by atoms with van der Waals surface area (Å²) >= 11 is 0. The van der Waals surface area contributed by atoms with Crippen molar-refractivity contribution in [3.05, 3.63) is 69.6 Å². The van der Waals surface area contributed by atoms with Crippen molar-refractivity contribution in [2.75, 3.05) is 13.2 Å². The zero-order valence-corrected chi connectivity index (χ0v) is 13.5. The van der Waals surface area contributed by atoms with Crippen LogP contribution in [0.4, 0.5) is 0 Å². The molecule has 0 aliphatic carbocycles. The summed E-state index contributed by atoms with van der Waals surface area (Å²) in [6.07, 6.45) is 0.707. The largest absolute Gasteiger partial charge is 0.374 e. The minimum Gasteiger partial charge on any atom is -0.374 e. The van der Waals surface area contributed by atoms with Crippen LogP contribution in [0.25, 0.3) is 0 Å². The molecule has 0 saturated heterocycles. The van der Waals surface area contributed by atoms with Gasteiger partial charge in [0, 0.05) is 18.8 Å². The quantitative estimate of drug-likeness (QED) is 0.772.